The van der Waals surface area contributed by atoms with E-state index in [4.69, 9.17) is 0 Å². The van der Waals surface area contributed by atoms with Gasteiger partial charge in [-0.2, -0.15) is 13.2 Å². The summed E-state index contributed by atoms with van der Waals surface area (Å²) in [6.45, 7) is 7.78. The number of rotatable bonds is 3. The third-order valence-corrected chi connectivity index (χ3v) is 4.86. The molecule has 0 amide bonds. The smallest absolute Gasteiger partial charge is 0.357 e. The molecule has 0 saturated heterocycles. The van der Waals surface area contributed by atoms with Gasteiger partial charge in [-0.25, -0.2) is 0 Å². The zero-order chi connectivity index (χ0) is 17.5. The fourth-order valence-electron chi connectivity index (χ4n) is 3.99. The standard InChI is InChI=1S/C19H25F3N2/c1-18(2,3)17-16-14(13-7-4-5-8-15(13)23-16)9-12-24(17)11-6-10-19(20,21)22/h4-5,7-8,17,23H,6,9-12H2,1-3H3. The molecular formula is C19H25F3N2. The number of halogens is 3. The van der Waals surface area contributed by atoms with Crippen molar-refractivity contribution in [2.24, 2.45) is 5.41 Å². The molecule has 132 valence electrons. The van der Waals surface area contributed by atoms with E-state index in [9.17, 15) is 13.2 Å². The van der Waals surface area contributed by atoms with E-state index in [-0.39, 0.29) is 17.9 Å². The predicted octanol–water partition coefficient (Wildman–Crippen LogP) is 5.46. The normalized spacial score (nSPS) is 19.7. The minimum atomic E-state index is -4.07. The van der Waals surface area contributed by atoms with Gasteiger partial charge in [0.05, 0.1) is 6.04 Å². The molecule has 1 aromatic heterocycles. The Labute approximate surface area is 141 Å². The number of hydrogen-bond acceptors (Lipinski definition) is 1. The molecule has 1 N–H and O–H groups in total. The third kappa shape index (κ3) is 3.46. The molecule has 0 aliphatic carbocycles. The molecule has 1 unspecified atom stereocenters. The zero-order valence-electron chi connectivity index (χ0n) is 14.5. The Morgan fingerprint density at radius 3 is 2.54 bits per heavy atom. The first-order valence-electron chi connectivity index (χ1n) is 8.57. The topological polar surface area (TPSA) is 19.0 Å². The maximum Gasteiger partial charge on any atom is 0.389 e. The number of nitrogens with zero attached hydrogens (tertiary/aromatic N) is 1. The number of aromatic amines is 1. The molecule has 0 radical (unpaired) electrons. The van der Waals surface area contributed by atoms with Crippen LogP contribution >= 0.6 is 0 Å². The van der Waals surface area contributed by atoms with E-state index in [1.807, 2.05) is 12.1 Å². The van der Waals surface area contributed by atoms with Gasteiger partial charge in [-0.3, -0.25) is 4.90 Å². The van der Waals surface area contributed by atoms with Gasteiger partial charge in [0.25, 0.3) is 0 Å². The van der Waals surface area contributed by atoms with Crippen LogP contribution in [0.2, 0.25) is 0 Å². The minimum absolute atomic E-state index is 0.0473. The van der Waals surface area contributed by atoms with Crippen LogP contribution in [0.15, 0.2) is 24.3 Å². The van der Waals surface area contributed by atoms with Gasteiger partial charge in [-0.15, -0.1) is 0 Å². The summed E-state index contributed by atoms with van der Waals surface area (Å²) in [6, 6.07) is 8.36. The van der Waals surface area contributed by atoms with E-state index in [2.05, 4.69) is 42.8 Å². The summed E-state index contributed by atoms with van der Waals surface area (Å²) < 4.78 is 37.5. The first-order chi connectivity index (χ1) is 11.2. The number of para-hydroxylation sites is 1. The Morgan fingerprint density at radius 2 is 1.88 bits per heavy atom. The molecule has 2 heterocycles. The maximum absolute atomic E-state index is 12.5. The number of alkyl halides is 3. The van der Waals surface area contributed by atoms with Crippen molar-refractivity contribution in [3.8, 4) is 0 Å². The van der Waals surface area contributed by atoms with Crippen LogP contribution < -0.4 is 0 Å². The summed E-state index contributed by atoms with van der Waals surface area (Å²) in [7, 11) is 0. The van der Waals surface area contributed by atoms with Crippen LogP contribution in [-0.4, -0.2) is 29.1 Å². The fraction of sp³-hybridized carbons (Fsp3) is 0.579. The monoisotopic (exact) mass is 338 g/mol. The first-order valence-corrected chi connectivity index (χ1v) is 8.57. The van der Waals surface area contributed by atoms with Crippen molar-refractivity contribution in [2.75, 3.05) is 13.1 Å². The Hall–Kier alpha value is -1.49. The van der Waals surface area contributed by atoms with E-state index < -0.39 is 12.6 Å². The zero-order valence-corrected chi connectivity index (χ0v) is 14.5. The molecule has 0 spiro atoms. The highest BCUT2D eigenvalue weighted by Gasteiger charge is 2.38. The molecule has 24 heavy (non-hydrogen) atoms. The molecule has 5 heteroatoms. The second-order valence-electron chi connectivity index (χ2n) is 7.84. The SMILES string of the molecule is CC(C)(C)C1c2[nH]c3ccccc3c2CCN1CCCC(F)(F)F. The van der Waals surface area contributed by atoms with Gasteiger partial charge in [-0.05, 0) is 36.4 Å². The summed E-state index contributed by atoms with van der Waals surface area (Å²) >= 11 is 0. The van der Waals surface area contributed by atoms with Crippen molar-refractivity contribution in [2.45, 2.75) is 52.3 Å². The van der Waals surface area contributed by atoms with Gasteiger partial charge < -0.3 is 4.98 Å². The highest BCUT2D eigenvalue weighted by atomic mass is 19.4. The number of hydrogen-bond donors (Lipinski definition) is 1. The first kappa shape index (κ1) is 17.3. The molecule has 1 aliphatic heterocycles. The average Bonchev–Trinajstić information content (AvgIpc) is 2.82. The molecule has 1 aromatic carbocycles. The summed E-state index contributed by atoms with van der Waals surface area (Å²) in [5.41, 5.74) is 3.59. The highest BCUT2D eigenvalue weighted by molar-refractivity contribution is 5.85. The molecule has 3 rings (SSSR count). The van der Waals surface area contributed by atoms with Crippen LogP contribution in [-0.2, 0) is 6.42 Å². The van der Waals surface area contributed by atoms with Gasteiger partial charge in [0.2, 0.25) is 0 Å². The highest BCUT2D eigenvalue weighted by Crippen LogP contribution is 2.44. The van der Waals surface area contributed by atoms with E-state index in [0.717, 1.165) is 18.5 Å². The molecule has 1 atom stereocenters. The van der Waals surface area contributed by atoms with Crippen LogP contribution in [0.1, 0.15) is 50.9 Å². The van der Waals surface area contributed by atoms with Crippen LogP contribution in [0, 0.1) is 5.41 Å². The number of nitrogens with one attached hydrogen (secondary N) is 1. The summed E-state index contributed by atoms with van der Waals surface area (Å²) in [4.78, 5) is 5.77. The van der Waals surface area contributed by atoms with Crippen molar-refractivity contribution >= 4 is 10.9 Å². The lowest BCUT2D eigenvalue weighted by atomic mass is 9.79. The second kappa shape index (κ2) is 6.10. The summed E-state index contributed by atoms with van der Waals surface area (Å²) in [5, 5.41) is 1.25. The summed E-state index contributed by atoms with van der Waals surface area (Å²) in [5.74, 6) is 0. The lowest BCUT2D eigenvalue weighted by Crippen LogP contribution is -2.42. The quantitative estimate of drug-likeness (QED) is 0.788. The second-order valence-corrected chi connectivity index (χ2v) is 7.84. The minimum Gasteiger partial charge on any atom is -0.357 e. The number of benzene rings is 1. The number of fused-ring (bicyclic) bond motifs is 3. The molecular weight excluding hydrogens is 313 g/mol. The van der Waals surface area contributed by atoms with Crippen LogP contribution in [0.5, 0.6) is 0 Å². The van der Waals surface area contributed by atoms with Gasteiger partial charge in [-0.1, -0.05) is 39.0 Å². The third-order valence-electron chi connectivity index (χ3n) is 4.86. The van der Waals surface area contributed by atoms with Gasteiger partial charge in [0, 0.05) is 29.6 Å². The van der Waals surface area contributed by atoms with Crippen molar-refractivity contribution < 1.29 is 13.2 Å². The predicted molar refractivity (Wildman–Crippen MR) is 91.1 cm³/mol. The number of aromatic nitrogens is 1. The Bertz CT molecular complexity index is 709. The van der Waals surface area contributed by atoms with E-state index in [0.29, 0.717) is 6.54 Å². The van der Waals surface area contributed by atoms with Gasteiger partial charge >= 0.3 is 6.18 Å². The maximum atomic E-state index is 12.5. The molecule has 0 saturated carbocycles. The average molecular weight is 338 g/mol. The van der Waals surface area contributed by atoms with E-state index in [1.54, 1.807) is 0 Å². The largest absolute Gasteiger partial charge is 0.389 e. The van der Waals surface area contributed by atoms with Crippen LogP contribution in [0.25, 0.3) is 10.9 Å². The molecule has 2 aromatic rings. The molecule has 1 aliphatic rings. The van der Waals surface area contributed by atoms with Crippen LogP contribution in [0.4, 0.5) is 13.2 Å². The van der Waals surface area contributed by atoms with Crippen molar-refractivity contribution in [3.63, 3.8) is 0 Å². The molecule has 0 fully saturated rings. The Morgan fingerprint density at radius 1 is 1.17 bits per heavy atom. The Balaban J connectivity index is 1.90. The molecule has 2 nitrogen and oxygen atoms in total. The van der Waals surface area contributed by atoms with Crippen molar-refractivity contribution in [3.05, 3.63) is 35.5 Å². The van der Waals surface area contributed by atoms with Gasteiger partial charge in [0.15, 0.2) is 0 Å². The van der Waals surface area contributed by atoms with Gasteiger partial charge in [0.1, 0.15) is 0 Å². The summed E-state index contributed by atoms with van der Waals surface area (Å²) in [6.07, 6.45) is -3.73. The van der Waals surface area contributed by atoms with Crippen molar-refractivity contribution in [1.29, 1.82) is 0 Å². The van der Waals surface area contributed by atoms with Crippen molar-refractivity contribution in [1.82, 2.24) is 9.88 Å². The van der Waals surface area contributed by atoms with E-state index >= 15 is 0 Å². The molecule has 0 bridgehead atoms. The fourth-order valence-corrected chi connectivity index (χ4v) is 3.99. The van der Waals surface area contributed by atoms with Crippen LogP contribution in [0.3, 0.4) is 0 Å². The Kier molecular flexibility index (Phi) is 4.41. The number of H-pyrrole nitrogens is 1. The lowest BCUT2D eigenvalue weighted by Gasteiger charge is -2.43. The lowest BCUT2D eigenvalue weighted by molar-refractivity contribution is -0.136. The van der Waals surface area contributed by atoms with E-state index in [1.165, 1.54) is 16.6 Å².